The number of hydrogen-bond donors (Lipinski definition) is 0. The third kappa shape index (κ3) is 2.24. The quantitative estimate of drug-likeness (QED) is 0.743. The van der Waals surface area contributed by atoms with Gasteiger partial charge in [-0.05, 0) is 38.8 Å². The smallest absolute Gasteiger partial charge is 0.0994 e. The Morgan fingerprint density at radius 3 is 2.65 bits per heavy atom. The molecule has 2 aliphatic heterocycles. The maximum absolute atomic E-state index is 5.71. The molecule has 2 saturated heterocycles. The monoisotopic (exact) mass is 231 g/mol. The number of ether oxygens (including phenoxy) is 1. The van der Waals surface area contributed by atoms with Crippen LogP contribution < -0.4 is 0 Å². The molecule has 0 aliphatic carbocycles. The molecule has 2 heteroatoms. The molecule has 2 aliphatic rings. The molecule has 0 amide bonds. The fraction of sp³-hybridized carbons (Fsp3) is 0.600. The number of epoxide rings is 1. The van der Waals surface area contributed by atoms with Crippen molar-refractivity contribution in [1.82, 2.24) is 4.90 Å². The van der Waals surface area contributed by atoms with Gasteiger partial charge in [-0.1, -0.05) is 30.3 Å². The fourth-order valence-corrected chi connectivity index (χ4v) is 2.90. The van der Waals surface area contributed by atoms with Crippen LogP contribution in [0.1, 0.15) is 38.3 Å². The van der Waals surface area contributed by atoms with E-state index in [9.17, 15) is 0 Å². The molecule has 0 saturated carbocycles. The number of nitrogens with zero attached hydrogens (tertiary/aromatic N) is 1. The molecule has 2 unspecified atom stereocenters. The summed E-state index contributed by atoms with van der Waals surface area (Å²) in [4.78, 5) is 2.59. The molecule has 2 heterocycles. The lowest BCUT2D eigenvalue weighted by molar-refractivity contribution is 0.225. The summed E-state index contributed by atoms with van der Waals surface area (Å²) < 4.78 is 5.71. The van der Waals surface area contributed by atoms with E-state index in [1.807, 2.05) is 0 Å². The summed E-state index contributed by atoms with van der Waals surface area (Å²) in [5, 5.41) is 0. The zero-order chi connectivity index (χ0) is 11.9. The van der Waals surface area contributed by atoms with E-state index < -0.39 is 0 Å². The van der Waals surface area contributed by atoms with Crippen molar-refractivity contribution in [2.75, 3.05) is 13.1 Å². The Labute approximate surface area is 104 Å². The van der Waals surface area contributed by atoms with Crippen molar-refractivity contribution in [3.63, 3.8) is 0 Å². The zero-order valence-electron chi connectivity index (χ0n) is 10.7. The van der Waals surface area contributed by atoms with Gasteiger partial charge in [0.25, 0.3) is 0 Å². The normalized spacial score (nSPS) is 31.6. The summed E-state index contributed by atoms with van der Waals surface area (Å²) in [6.07, 6.45) is 3.04. The van der Waals surface area contributed by atoms with Crippen LogP contribution in [-0.4, -0.2) is 29.7 Å². The van der Waals surface area contributed by atoms with Crippen molar-refractivity contribution >= 4 is 0 Å². The second kappa shape index (κ2) is 4.11. The van der Waals surface area contributed by atoms with E-state index in [2.05, 4.69) is 49.1 Å². The minimum atomic E-state index is 0.115. The molecule has 17 heavy (non-hydrogen) atoms. The largest absolute Gasteiger partial charge is 0.365 e. The molecule has 1 aromatic rings. The van der Waals surface area contributed by atoms with E-state index in [1.54, 1.807) is 0 Å². The second-order valence-corrected chi connectivity index (χ2v) is 5.77. The first-order valence-electron chi connectivity index (χ1n) is 6.64. The van der Waals surface area contributed by atoms with E-state index in [1.165, 1.54) is 24.9 Å². The van der Waals surface area contributed by atoms with Gasteiger partial charge in [-0.3, -0.25) is 4.90 Å². The first-order chi connectivity index (χ1) is 8.17. The highest BCUT2D eigenvalue weighted by atomic mass is 16.6. The van der Waals surface area contributed by atoms with Crippen LogP contribution in [0.2, 0.25) is 0 Å². The molecule has 0 aromatic heterocycles. The van der Waals surface area contributed by atoms with Crippen LogP contribution in [0.3, 0.4) is 0 Å². The lowest BCUT2D eigenvalue weighted by Crippen LogP contribution is -2.29. The van der Waals surface area contributed by atoms with Crippen molar-refractivity contribution in [3.05, 3.63) is 35.9 Å². The van der Waals surface area contributed by atoms with E-state index in [-0.39, 0.29) is 5.60 Å². The molecule has 0 bridgehead atoms. The zero-order valence-corrected chi connectivity index (χ0v) is 10.7. The molecule has 0 N–H and O–H groups in total. The number of hydrogen-bond acceptors (Lipinski definition) is 2. The lowest BCUT2D eigenvalue weighted by atomic mass is 10.0. The minimum Gasteiger partial charge on any atom is -0.365 e. The molecule has 3 rings (SSSR count). The van der Waals surface area contributed by atoms with Crippen LogP contribution in [0.5, 0.6) is 0 Å². The van der Waals surface area contributed by atoms with E-state index in [0.29, 0.717) is 12.1 Å². The first-order valence-corrected chi connectivity index (χ1v) is 6.64. The van der Waals surface area contributed by atoms with Gasteiger partial charge in [-0.15, -0.1) is 0 Å². The Balaban J connectivity index is 1.68. The molecule has 0 spiro atoms. The summed E-state index contributed by atoms with van der Waals surface area (Å²) in [6, 6.07) is 11.5. The second-order valence-electron chi connectivity index (χ2n) is 5.77. The molecule has 2 fully saturated rings. The minimum absolute atomic E-state index is 0.115. The van der Waals surface area contributed by atoms with Gasteiger partial charge in [0.15, 0.2) is 0 Å². The Morgan fingerprint density at radius 2 is 2.00 bits per heavy atom. The van der Waals surface area contributed by atoms with Crippen molar-refractivity contribution < 1.29 is 4.74 Å². The van der Waals surface area contributed by atoms with Crippen LogP contribution in [0.25, 0.3) is 0 Å². The molecular weight excluding hydrogens is 210 g/mol. The van der Waals surface area contributed by atoms with Crippen LogP contribution in [0, 0.1) is 0 Å². The Morgan fingerprint density at radius 1 is 1.29 bits per heavy atom. The number of likely N-dealkylation sites (tertiary alicyclic amines) is 1. The van der Waals surface area contributed by atoms with Gasteiger partial charge < -0.3 is 4.74 Å². The summed E-state index contributed by atoms with van der Waals surface area (Å²) in [6.45, 7) is 6.68. The highest BCUT2D eigenvalue weighted by Gasteiger charge is 2.49. The Kier molecular flexibility index (Phi) is 2.72. The molecule has 2 nitrogen and oxygen atoms in total. The third-order valence-corrected chi connectivity index (χ3v) is 4.11. The predicted molar refractivity (Wildman–Crippen MR) is 68.9 cm³/mol. The Bertz CT molecular complexity index is 387. The molecular formula is C15H21NO. The summed E-state index contributed by atoms with van der Waals surface area (Å²) in [5.41, 5.74) is 1.58. The van der Waals surface area contributed by atoms with Gasteiger partial charge in [0.2, 0.25) is 0 Å². The van der Waals surface area contributed by atoms with E-state index >= 15 is 0 Å². The van der Waals surface area contributed by atoms with Crippen molar-refractivity contribution in [1.29, 1.82) is 0 Å². The maximum atomic E-state index is 5.71. The van der Waals surface area contributed by atoms with Gasteiger partial charge >= 0.3 is 0 Å². The van der Waals surface area contributed by atoms with Crippen LogP contribution >= 0.6 is 0 Å². The van der Waals surface area contributed by atoms with Crippen LogP contribution in [0.15, 0.2) is 30.3 Å². The highest BCUT2D eigenvalue weighted by Crippen LogP contribution is 2.39. The topological polar surface area (TPSA) is 15.8 Å². The van der Waals surface area contributed by atoms with Crippen molar-refractivity contribution in [2.45, 2.75) is 44.4 Å². The Hall–Kier alpha value is -0.860. The van der Waals surface area contributed by atoms with Gasteiger partial charge in [0.05, 0.1) is 11.7 Å². The maximum Gasteiger partial charge on any atom is 0.0994 e. The average Bonchev–Trinajstić information content (AvgIpc) is 2.76. The summed E-state index contributed by atoms with van der Waals surface area (Å²) in [7, 11) is 0. The van der Waals surface area contributed by atoms with E-state index in [4.69, 9.17) is 4.74 Å². The van der Waals surface area contributed by atoms with Gasteiger partial charge in [0.1, 0.15) is 0 Å². The molecule has 0 radical (unpaired) electrons. The molecule has 92 valence electrons. The van der Waals surface area contributed by atoms with Crippen molar-refractivity contribution in [2.24, 2.45) is 0 Å². The number of benzene rings is 1. The third-order valence-electron chi connectivity index (χ3n) is 4.11. The highest BCUT2D eigenvalue weighted by molar-refractivity contribution is 5.20. The average molecular weight is 231 g/mol. The van der Waals surface area contributed by atoms with Crippen molar-refractivity contribution in [3.8, 4) is 0 Å². The summed E-state index contributed by atoms with van der Waals surface area (Å²) in [5.74, 6) is 0. The van der Waals surface area contributed by atoms with Gasteiger partial charge in [-0.2, -0.15) is 0 Å². The van der Waals surface area contributed by atoms with Gasteiger partial charge in [0, 0.05) is 12.6 Å². The lowest BCUT2D eigenvalue weighted by Gasteiger charge is -2.24. The van der Waals surface area contributed by atoms with Crippen LogP contribution in [0.4, 0.5) is 0 Å². The predicted octanol–water partition coefficient (Wildman–Crippen LogP) is 3.00. The standard InChI is InChI=1S/C15H21NO/c1-15(2)14(17-15)11-16-10-6-9-13(16)12-7-4-3-5-8-12/h3-5,7-8,13-14H,6,9-11H2,1-2H3. The SMILES string of the molecule is CC1(C)OC1CN1CCCC1c1ccccc1. The number of rotatable bonds is 3. The fourth-order valence-electron chi connectivity index (χ4n) is 2.90. The first kappa shape index (κ1) is 11.2. The molecule has 1 aromatic carbocycles. The van der Waals surface area contributed by atoms with E-state index in [0.717, 1.165) is 6.54 Å². The summed E-state index contributed by atoms with van der Waals surface area (Å²) >= 11 is 0. The van der Waals surface area contributed by atoms with Crippen LogP contribution in [-0.2, 0) is 4.74 Å². The molecule has 2 atom stereocenters. The van der Waals surface area contributed by atoms with Gasteiger partial charge in [-0.25, -0.2) is 0 Å².